The van der Waals surface area contributed by atoms with Gasteiger partial charge in [0.15, 0.2) is 18.1 Å². The van der Waals surface area contributed by atoms with Crippen LogP contribution in [0.4, 0.5) is 0 Å². The normalized spacial score (nSPS) is 10.3. The van der Waals surface area contributed by atoms with Crippen molar-refractivity contribution in [1.29, 1.82) is 0 Å². The number of rotatable bonds is 6. The van der Waals surface area contributed by atoms with Gasteiger partial charge >= 0.3 is 0 Å². The van der Waals surface area contributed by atoms with Gasteiger partial charge in [0.25, 0.3) is 5.91 Å². The van der Waals surface area contributed by atoms with Crippen molar-refractivity contribution in [1.82, 2.24) is 5.32 Å². The largest absolute Gasteiger partial charge is 0.504 e. The Bertz CT molecular complexity index is 680. The fraction of sp³-hybridized carbons (Fsp3) is 0.278. The number of phenols is 2. The second kappa shape index (κ2) is 7.54. The topological polar surface area (TPSA) is 78.8 Å². The Labute approximate surface area is 135 Å². The van der Waals surface area contributed by atoms with E-state index in [4.69, 9.17) is 4.74 Å². The molecule has 0 aromatic heterocycles. The fourth-order valence-corrected chi connectivity index (χ4v) is 2.16. The summed E-state index contributed by atoms with van der Waals surface area (Å²) in [6.07, 6.45) is 0.565. The zero-order valence-corrected chi connectivity index (χ0v) is 13.3. The summed E-state index contributed by atoms with van der Waals surface area (Å²) in [7, 11) is 0. The summed E-state index contributed by atoms with van der Waals surface area (Å²) >= 11 is 0. The standard InChI is InChI=1S/C18H21NO4/c1-12-3-5-15(6-4-12)23-11-18(22)19-8-7-14-10-17(21)16(20)9-13(14)2/h3-6,9-10,20-21H,7-8,11H2,1-2H3,(H,19,22). The molecule has 0 heterocycles. The average Bonchev–Trinajstić information content (AvgIpc) is 2.52. The average molecular weight is 315 g/mol. The summed E-state index contributed by atoms with van der Waals surface area (Å²) in [6.45, 7) is 4.22. The van der Waals surface area contributed by atoms with Crippen molar-refractivity contribution in [2.45, 2.75) is 20.3 Å². The molecule has 0 atom stereocenters. The number of nitrogens with one attached hydrogen (secondary N) is 1. The van der Waals surface area contributed by atoms with E-state index in [9.17, 15) is 15.0 Å². The lowest BCUT2D eigenvalue weighted by atomic mass is 10.0. The molecule has 0 aliphatic rings. The summed E-state index contributed by atoms with van der Waals surface area (Å²) in [4.78, 5) is 11.8. The van der Waals surface area contributed by atoms with Gasteiger partial charge in [-0.1, -0.05) is 17.7 Å². The molecule has 0 radical (unpaired) electrons. The quantitative estimate of drug-likeness (QED) is 0.716. The first-order chi connectivity index (χ1) is 11.0. The predicted molar refractivity (Wildman–Crippen MR) is 87.9 cm³/mol. The third-order valence-corrected chi connectivity index (χ3v) is 3.54. The highest BCUT2D eigenvalue weighted by Gasteiger charge is 2.07. The van der Waals surface area contributed by atoms with Crippen LogP contribution in [0.3, 0.4) is 0 Å². The lowest BCUT2D eigenvalue weighted by Crippen LogP contribution is -2.30. The SMILES string of the molecule is Cc1ccc(OCC(=O)NCCc2cc(O)c(O)cc2C)cc1. The lowest BCUT2D eigenvalue weighted by Gasteiger charge is -2.10. The van der Waals surface area contributed by atoms with Crippen molar-refractivity contribution in [2.75, 3.05) is 13.2 Å². The van der Waals surface area contributed by atoms with Gasteiger partial charge in [-0.05, 0) is 55.7 Å². The van der Waals surface area contributed by atoms with E-state index in [1.54, 1.807) is 0 Å². The summed E-state index contributed by atoms with van der Waals surface area (Å²) in [5.41, 5.74) is 2.87. The molecule has 2 rings (SSSR count). The van der Waals surface area contributed by atoms with E-state index in [-0.39, 0.29) is 24.0 Å². The first-order valence-corrected chi connectivity index (χ1v) is 7.43. The molecular weight excluding hydrogens is 294 g/mol. The Morgan fingerprint density at radius 3 is 2.43 bits per heavy atom. The van der Waals surface area contributed by atoms with Crippen LogP contribution in [0.25, 0.3) is 0 Å². The molecule has 5 nitrogen and oxygen atoms in total. The Kier molecular flexibility index (Phi) is 5.46. The molecule has 0 spiro atoms. The molecule has 0 saturated heterocycles. The van der Waals surface area contributed by atoms with Crippen LogP contribution in [-0.4, -0.2) is 29.3 Å². The smallest absolute Gasteiger partial charge is 0.257 e. The molecule has 3 N–H and O–H groups in total. The molecule has 2 aromatic rings. The zero-order valence-electron chi connectivity index (χ0n) is 13.3. The second-order valence-corrected chi connectivity index (χ2v) is 5.47. The fourth-order valence-electron chi connectivity index (χ4n) is 2.16. The molecule has 0 aliphatic heterocycles. The van der Waals surface area contributed by atoms with Crippen LogP contribution in [0, 0.1) is 13.8 Å². The van der Waals surface area contributed by atoms with Gasteiger partial charge in [0.2, 0.25) is 0 Å². The molecule has 0 fully saturated rings. The molecule has 23 heavy (non-hydrogen) atoms. The first kappa shape index (κ1) is 16.7. The van der Waals surface area contributed by atoms with Gasteiger partial charge in [-0.2, -0.15) is 0 Å². The minimum atomic E-state index is -0.203. The van der Waals surface area contributed by atoms with Crippen LogP contribution >= 0.6 is 0 Å². The van der Waals surface area contributed by atoms with E-state index in [1.165, 1.54) is 12.1 Å². The third-order valence-electron chi connectivity index (χ3n) is 3.54. The number of hydrogen-bond donors (Lipinski definition) is 3. The lowest BCUT2D eigenvalue weighted by molar-refractivity contribution is -0.123. The van der Waals surface area contributed by atoms with Gasteiger partial charge in [0.1, 0.15) is 5.75 Å². The zero-order chi connectivity index (χ0) is 16.8. The number of hydrogen-bond acceptors (Lipinski definition) is 4. The summed E-state index contributed by atoms with van der Waals surface area (Å²) < 4.78 is 5.40. The number of carbonyl (C=O) groups is 1. The van der Waals surface area contributed by atoms with Crippen molar-refractivity contribution >= 4 is 5.91 Å². The van der Waals surface area contributed by atoms with Gasteiger partial charge < -0.3 is 20.3 Å². The van der Waals surface area contributed by atoms with Crippen LogP contribution in [-0.2, 0) is 11.2 Å². The Morgan fingerprint density at radius 2 is 1.74 bits per heavy atom. The molecule has 0 aliphatic carbocycles. The number of carbonyl (C=O) groups excluding carboxylic acids is 1. The van der Waals surface area contributed by atoms with Crippen molar-refractivity contribution in [3.05, 3.63) is 53.1 Å². The predicted octanol–water partition coefficient (Wildman–Crippen LogP) is 2.45. The molecule has 0 saturated carbocycles. The van der Waals surface area contributed by atoms with Gasteiger partial charge in [0, 0.05) is 6.54 Å². The number of aryl methyl sites for hydroxylation is 2. The van der Waals surface area contributed by atoms with Crippen molar-refractivity contribution in [3.8, 4) is 17.2 Å². The van der Waals surface area contributed by atoms with E-state index >= 15 is 0 Å². The molecule has 122 valence electrons. The Balaban J connectivity index is 1.76. The van der Waals surface area contributed by atoms with Crippen molar-refractivity contribution in [2.24, 2.45) is 0 Å². The van der Waals surface area contributed by atoms with Crippen LogP contribution in [0.5, 0.6) is 17.2 Å². The summed E-state index contributed by atoms with van der Waals surface area (Å²) in [5, 5.41) is 21.7. The third kappa shape index (κ3) is 4.92. The van der Waals surface area contributed by atoms with Crippen molar-refractivity contribution in [3.63, 3.8) is 0 Å². The molecule has 2 aromatic carbocycles. The molecule has 1 amide bonds. The first-order valence-electron chi connectivity index (χ1n) is 7.43. The molecule has 5 heteroatoms. The Hall–Kier alpha value is -2.69. The van der Waals surface area contributed by atoms with Crippen LogP contribution in [0.15, 0.2) is 36.4 Å². The number of phenolic OH excluding ortho intramolecular Hbond substituents is 2. The maximum Gasteiger partial charge on any atom is 0.257 e. The van der Waals surface area contributed by atoms with E-state index in [0.29, 0.717) is 18.7 Å². The van der Waals surface area contributed by atoms with E-state index in [0.717, 1.165) is 16.7 Å². The van der Waals surface area contributed by atoms with Crippen LogP contribution in [0.2, 0.25) is 0 Å². The molecule has 0 unspecified atom stereocenters. The maximum atomic E-state index is 11.8. The highest BCUT2D eigenvalue weighted by molar-refractivity contribution is 5.77. The van der Waals surface area contributed by atoms with Gasteiger partial charge in [-0.15, -0.1) is 0 Å². The monoisotopic (exact) mass is 315 g/mol. The van der Waals surface area contributed by atoms with Crippen LogP contribution in [0.1, 0.15) is 16.7 Å². The number of aromatic hydroxyl groups is 2. The molecule has 0 bridgehead atoms. The van der Waals surface area contributed by atoms with Crippen LogP contribution < -0.4 is 10.1 Å². The van der Waals surface area contributed by atoms with Gasteiger partial charge in [-0.25, -0.2) is 0 Å². The number of benzene rings is 2. The number of amides is 1. The Morgan fingerprint density at radius 1 is 1.09 bits per heavy atom. The highest BCUT2D eigenvalue weighted by Crippen LogP contribution is 2.27. The van der Waals surface area contributed by atoms with Crippen molar-refractivity contribution < 1.29 is 19.7 Å². The van der Waals surface area contributed by atoms with E-state index in [2.05, 4.69) is 5.32 Å². The molecular formula is C18H21NO4. The number of ether oxygens (including phenoxy) is 1. The minimum Gasteiger partial charge on any atom is -0.504 e. The van der Waals surface area contributed by atoms with E-state index in [1.807, 2.05) is 38.1 Å². The van der Waals surface area contributed by atoms with E-state index < -0.39 is 0 Å². The minimum absolute atomic E-state index is 0.0388. The van der Waals surface area contributed by atoms with Gasteiger partial charge in [0.05, 0.1) is 0 Å². The summed E-state index contributed by atoms with van der Waals surface area (Å²) in [6, 6.07) is 10.5. The van der Waals surface area contributed by atoms with Gasteiger partial charge in [-0.3, -0.25) is 4.79 Å². The maximum absolute atomic E-state index is 11.8. The highest BCUT2D eigenvalue weighted by atomic mass is 16.5. The second-order valence-electron chi connectivity index (χ2n) is 5.47. The summed E-state index contributed by atoms with van der Waals surface area (Å²) in [5.74, 6) is 0.165.